The molecule has 4 nitrogen and oxygen atoms in total. The van der Waals surface area contributed by atoms with E-state index < -0.39 is 0 Å². The number of rotatable bonds is 7. The average Bonchev–Trinajstić information content (AvgIpc) is 2.64. The molecule has 0 unspecified atom stereocenters. The number of hydrogen-bond donors (Lipinski definition) is 1. The van der Waals surface area contributed by atoms with E-state index in [0.717, 1.165) is 31.7 Å². The molecule has 1 rings (SSSR count). The van der Waals surface area contributed by atoms with Gasteiger partial charge in [0.05, 0.1) is 11.4 Å². The molecule has 0 atom stereocenters. The zero-order valence-electron chi connectivity index (χ0n) is 11.5. The van der Waals surface area contributed by atoms with Gasteiger partial charge in [0.1, 0.15) is 0 Å². The Morgan fingerprint density at radius 2 is 2.18 bits per heavy atom. The number of aliphatic hydroxyl groups is 1. The second kappa shape index (κ2) is 6.77. The summed E-state index contributed by atoms with van der Waals surface area (Å²) in [6.07, 6.45) is 0.831. The third kappa shape index (κ3) is 4.13. The van der Waals surface area contributed by atoms with Gasteiger partial charge in [0.15, 0.2) is 0 Å². The van der Waals surface area contributed by atoms with Gasteiger partial charge in [0.2, 0.25) is 0 Å². The maximum Gasteiger partial charge on any atom is 0.0597 e. The summed E-state index contributed by atoms with van der Waals surface area (Å²) in [6, 6.07) is 2.64. The molecule has 0 bridgehead atoms. The molecular formula is C13H25N3O. The van der Waals surface area contributed by atoms with Crippen molar-refractivity contribution in [2.45, 2.75) is 53.2 Å². The van der Waals surface area contributed by atoms with E-state index in [1.807, 2.05) is 6.92 Å². The van der Waals surface area contributed by atoms with Crippen molar-refractivity contribution in [3.05, 3.63) is 17.5 Å². The van der Waals surface area contributed by atoms with Gasteiger partial charge in [-0.2, -0.15) is 5.10 Å². The van der Waals surface area contributed by atoms with Crippen LogP contribution >= 0.6 is 0 Å². The summed E-state index contributed by atoms with van der Waals surface area (Å²) in [7, 11) is 0. The molecule has 0 fully saturated rings. The lowest BCUT2D eigenvalue weighted by atomic mass is 10.2. The fourth-order valence-electron chi connectivity index (χ4n) is 2.00. The minimum atomic E-state index is 0.259. The van der Waals surface area contributed by atoms with Gasteiger partial charge in [-0.15, -0.1) is 0 Å². The van der Waals surface area contributed by atoms with Gasteiger partial charge >= 0.3 is 0 Å². The second-order valence-corrected chi connectivity index (χ2v) is 4.73. The summed E-state index contributed by atoms with van der Waals surface area (Å²) in [6.45, 7) is 11.5. The van der Waals surface area contributed by atoms with E-state index >= 15 is 0 Å². The van der Waals surface area contributed by atoms with Crippen LogP contribution in [0.5, 0.6) is 0 Å². The fourth-order valence-corrected chi connectivity index (χ4v) is 2.00. The molecule has 1 aromatic rings. The molecule has 1 aromatic heterocycles. The van der Waals surface area contributed by atoms with E-state index in [2.05, 4.69) is 41.5 Å². The number of aliphatic hydroxyl groups excluding tert-OH is 1. The molecule has 0 spiro atoms. The number of aryl methyl sites for hydroxylation is 2. The lowest BCUT2D eigenvalue weighted by molar-refractivity contribution is 0.180. The van der Waals surface area contributed by atoms with Crippen molar-refractivity contribution in [1.82, 2.24) is 14.7 Å². The van der Waals surface area contributed by atoms with Crippen molar-refractivity contribution in [1.29, 1.82) is 0 Å². The van der Waals surface area contributed by atoms with Crippen molar-refractivity contribution < 1.29 is 5.11 Å². The standard InChI is InChI=1S/C13H25N3O/c1-5-16-13(9-12(4)14-16)10-15(11(2)3)7-6-8-17/h9,11,17H,5-8,10H2,1-4H3. The Bertz CT molecular complexity index is 333. The van der Waals surface area contributed by atoms with Gasteiger partial charge in [0, 0.05) is 32.3 Å². The van der Waals surface area contributed by atoms with Gasteiger partial charge in [0.25, 0.3) is 0 Å². The summed E-state index contributed by atoms with van der Waals surface area (Å²) in [5, 5.41) is 13.4. The predicted octanol–water partition coefficient (Wildman–Crippen LogP) is 1.80. The Labute approximate surface area is 104 Å². The normalized spacial score (nSPS) is 11.7. The zero-order valence-corrected chi connectivity index (χ0v) is 11.5. The third-order valence-electron chi connectivity index (χ3n) is 2.98. The highest BCUT2D eigenvalue weighted by Crippen LogP contribution is 2.10. The molecule has 0 aliphatic heterocycles. The van der Waals surface area contributed by atoms with E-state index in [1.54, 1.807) is 0 Å². The SMILES string of the molecule is CCn1nc(C)cc1CN(CCCO)C(C)C. The average molecular weight is 239 g/mol. The van der Waals surface area contributed by atoms with Crippen LogP contribution in [0.25, 0.3) is 0 Å². The van der Waals surface area contributed by atoms with Crippen LogP contribution in [0.1, 0.15) is 38.6 Å². The van der Waals surface area contributed by atoms with Gasteiger partial charge in [-0.25, -0.2) is 0 Å². The highest BCUT2D eigenvalue weighted by molar-refractivity contribution is 5.09. The van der Waals surface area contributed by atoms with E-state index in [0.29, 0.717) is 6.04 Å². The van der Waals surface area contributed by atoms with Crippen LogP contribution in [-0.2, 0) is 13.1 Å². The monoisotopic (exact) mass is 239 g/mol. The Balaban J connectivity index is 2.70. The third-order valence-corrected chi connectivity index (χ3v) is 2.98. The smallest absolute Gasteiger partial charge is 0.0597 e. The largest absolute Gasteiger partial charge is 0.396 e. The zero-order chi connectivity index (χ0) is 12.8. The van der Waals surface area contributed by atoms with E-state index in [-0.39, 0.29) is 6.61 Å². The van der Waals surface area contributed by atoms with Gasteiger partial charge < -0.3 is 5.11 Å². The van der Waals surface area contributed by atoms with Crippen LogP contribution in [0.4, 0.5) is 0 Å². The number of nitrogens with zero attached hydrogens (tertiary/aromatic N) is 3. The van der Waals surface area contributed by atoms with Crippen LogP contribution in [0, 0.1) is 6.92 Å². The number of hydrogen-bond acceptors (Lipinski definition) is 3. The van der Waals surface area contributed by atoms with Crippen LogP contribution in [-0.4, -0.2) is 39.0 Å². The van der Waals surface area contributed by atoms with Gasteiger partial charge in [-0.3, -0.25) is 9.58 Å². The van der Waals surface area contributed by atoms with Crippen LogP contribution in [0.15, 0.2) is 6.07 Å². The first-order chi connectivity index (χ1) is 8.08. The minimum Gasteiger partial charge on any atom is -0.396 e. The first kappa shape index (κ1) is 14.2. The predicted molar refractivity (Wildman–Crippen MR) is 69.9 cm³/mol. The highest BCUT2D eigenvalue weighted by atomic mass is 16.3. The van der Waals surface area contributed by atoms with Crippen molar-refractivity contribution in [2.24, 2.45) is 0 Å². The molecule has 0 aliphatic rings. The first-order valence-corrected chi connectivity index (χ1v) is 6.46. The van der Waals surface area contributed by atoms with Crippen LogP contribution in [0.2, 0.25) is 0 Å². The molecule has 1 heterocycles. The molecule has 1 N–H and O–H groups in total. The summed E-state index contributed by atoms with van der Waals surface area (Å²) < 4.78 is 2.06. The molecule has 0 saturated carbocycles. The fraction of sp³-hybridized carbons (Fsp3) is 0.769. The molecule has 0 aliphatic carbocycles. The second-order valence-electron chi connectivity index (χ2n) is 4.73. The topological polar surface area (TPSA) is 41.3 Å². The summed E-state index contributed by atoms with van der Waals surface area (Å²) in [5.41, 5.74) is 2.34. The molecule has 0 aromatic carbocycles. The molecule has 4 heteroatoms. The molecule has 17 heavy (non-hydrogen) atoms. The number of aromatic nitrogens is 2. The molecule has 98 valence electrons. The Hall–Kier alpha value is -0.870. The molecule has 0 radical (unpaired) electrons. The van der Waals surface area contributed by atoms with Crippen molar-refractivity contribution in [2.75, 3.05) is 13.2 Å². The lowest BCUT2D eigenvalue weighted by Gasteiger charge is -2.26. The van der Waals surface area contributed by atoms with Crippen molar-refractivity contribution >= 4 is 0 Å². The highest BCUT2D eigenvalue weighted by Gasteiger charge is 2.13. The van der Waals surface area contributed by atoms with Crippen LogP contribution < -0.4 is 0 Å². The molecule has 0 saturated heterocycles. The molecular weight excluding hydrogens is 214 g/mol. The maximum absolute atomic E-state index is 8.92. The summed E-state index contributed by atoms with van der Waals surface area (Å²) in [5.74, 6) is 0. The Morgan fingerprint density at radius 3 is 2.71 bits per heavy atom. The van der Waals surface area contributed by atoms with Crippen LogP contribution in [0.3, 0.4) is 0 Å². The van der Waals surface area contributed by atoms with E-state index in [9.17, 15) is 0 Å². The van der Waals surface area contributed by atoms with Crippen molar-refractivity contribution in [3.8, 4) is 0 Å². The molecule has 0 amide bonds. The summed E-state index contributed by atoms with van der Waals surface area (Å²) in [4.78, 5) is 2.37. The lowest BCUT2D eigenvalue weighted by Crippen LogP contribution is -2.32. The van der Waals surface area contributed by atoms with Gasteiger partial charge in [-0.1, -0.05) is 0 Å². The maximum atomic E-state index is 8.92. The first-order valence-electron chi connectivity index (χ1n) is 6.46. The minimum absolute atomic E-state index is 0.259. The Morgan fingerprint density at radius 1 is 1.47 bits per heavy atom. The summed E-state index contributed by atoms with van der Waals surface area (Å²) >= 11 is 0. The van der Waals surface area contributed by atoms with E-state index in [1.165, 1.54) is 5.69 Å². The quantitative estimate of drug-likeness (QED) is 0.789. The van der Waals surface area contributed by atoms with Crippen molar-refractivity contribution in [3.63, 3.8) is 0 Å². The Kier molecular flexibility index (Phi) is 5.65. The van der Waals surface area contributed by atoms with Gasteiger partial charge in [-0.05, 0) is 40.2 Å². The van der Waals surface area contributed by atoms with E-state index in [4.69, 9.17) is 5.11 Å².